The molecule has 1 fully saturated rings. The predicted octanol–water partition coefficient (Wildman–Crippen LogP) is 5.28. The number of carbonyl (C=O) groups is 1. The van der Waals surface area contributed by atoms with E-state index < -0.39 is 0 Å². The van der Waals surface area contributed by atoms with Gasteiger partial charge in [0.2, 0.25) is 0 Å². The number of ether oxygens (including phenoxy) is 2. The first-order valence-corrected chi connectivity index (χ1v) is 9.00. The van der Waals surface area contributed by atoms with Gasteiger partial charge in [0, 0.05) is 5.02 Å². The summed E-state index contributed by atoms with van der Waals surface area (Å²) in [6, 6.07) is 10.3. The molecule has 128 valence electrons. The summed E-state index contributed by atoms with van der Waals surface area (Å²) in [5, 5.41) is 3.48. The fraction of sp³-hybridized carbons (Fsp3) is 0.0588. The summed E-state index contributed by atoms with van der Waals surface area (Å²) in [6.07, 6.45) is 1.73. The second-order valence-electron chi connectivity index (χ2n) is 4.94. The van der Waals surface area contributed by atoms with Gasteiger partial charge in [0.05, 0.1) is 17.0 Å². The average Bonchev–Trinajstić information content (AvgIpc) is 2.88. The molecule has 0 aromatic heterocycles. The molecule has 1 saturated heterocycles. The van der Waals surface area contributed by atoms with E-state index in [4.69, 9.17) is 44.9 Å². The average molecular weight is 412 g/mol. The van der Waals surface area contributed by atoms with Crippen molar-refractivity contribution >= 4 is 63.5 Å². The van der Waals surface area contributed by atoms with Crippen molar-refractivity contribution in [3.63, 3.8) is 0 Å². The lowest BCUT2D eigenvalue weighted by Crippen LogP contribution is -2.17. The van der Waals surface area contributed by atoms with Gasteiger partial charge in [-0.1, -0.05) is 53.2 Å². The summed E-state index contributed by atoms with van der Waals surface area (Å²) >= 11 is 18.3. The topological polar surface area (TPSA) is 47.6 Å². The van der Waals surface area contributed by atoms with Gasteiger partial charge in [-0.25, -0.2) is 0 Å². The molecular formula is C17H11Cl2NO3S2. The third-order valence-electron chi connectivity index (χ3n) is 3.24. The van der Waals surface area contributed by atoms with Crippen molar-refractivity contribution in [2.24, 2.45) is 0 Å². The monoisotopic (exact) mass is 411 g/mol. The number of rotatable bonds is 4. The van der Waals surface area contributed by atoms with E-state index in [2.05, 4.69) is 5.32 Å². The number of methoxy groups -OCH3 is 1. The Morgan fingerprint density at radius 2 is 1.88 bits per heavy atom. The Morgan fingerprint density at radius 1 is 1.12 bits per heavy atom. The van der Waals surface area contributed by atoms with E-state index in [-0.39, 0.29) is 5.91 Å². The standard InChI is InChI=1S/C17H11Cl2NO3S2/c1-22-13-4-2-9(7-15-16(21)20-17(24)25-15)6-14(13)23-12-5-3-10(18)8-11(12)19/h2-8H,1H3,(H,20,21,24)/b15-7+. The number of hydrogen-bond acceptors (Lipinski definition) is 5. The van der Waals surface area contributed by atoms with E-state index >= 15 is 0 Å². The molecule has 0 unspecified atom stereocenters. The molecule has 2 aromatic rings. The molecule has 1 aliphatic heterocycles. The largest absolute Gasteiger partial charge is 0.493 e. The van der Waals surface area contributed by atoms with Crippen LogP contribution < -0.4 is 14.8 Å². The van der Waals surface area contributed by atoms with Gasteiger partial charge in [-0.3, -0.25) is 4.79 Å². The first-order chi connectivity index (χ1) is 12.0. The highest BCUT2D eigenvalue weighted by Gasteiger charge is 2.22. The van der Waals surface area contributed by atoms with Gasteiger partial charge < -0.3 is 14.8 Å². The number of carbonyl (C=O) groups excluding carboxylic acids is 1. The smallest absolute Gasteiger partial charge is 0.263 e. The normalized spacial score (nSPS) is 15.4. The van der Waals surface area contributed by atoms with Gasteiger partial charge in [-0.15, -0.1) is 0 Å². The van der Waals surface area contributed by atoms with Gasteiger partial charge in [0.25, 0.3) is 5.91 Å². The highest BCUT2D eigenvalue weighted by atomic mass is 35.5. The van der Waals surface area contributed by atoms with Crippen molar-refractivity contribution in [3.8, 4) is 17.2 Å². The van der Waals surface area contributed by atoms with Crippen LogP contribution in [-0.4, -0.2) is 17.3 Å². The molecule has 25 heavy (non-hydrogen) atoms. The molecule has 1 heterocycles. The molecule has 1 N–H and O–H groups in total. The van der Waals surface area contributed by atoms with Crippen molar-refractivity contribution in [2.45, 2.75) is 0 Å². The number of halogens is 2. The van der Waals surface area contributed by atoms with Crippen molar-refractivity contribution < 1.29 is 14.3 Å². The second kappa shape index (κ2) is 7.66. The molecule has 2 aromatic carbocycles. The van der Waals surface area contributed by atoms with Crippen LogP contribution in [0.5, 0.6) is 17.2 Å². The first kappa shape index (κ1) is 18.1. The molecular weight excluding hydrogens is 401 g/mol. The first-order valence-electron chi connectivity index (χ1n) is 7.02. The van der Waals surface area contributed by atoms with Crippen LogP contribution in [0, 0.1) is 0 Å². The molecule has 1 amide bonds. The van der Waals surface area contributed by atoms with Crippen molar-refractivity contribution in [3.05, 3.63) is 56.9 Å². The van der Waals surface area contributed by atoms with Crippen LogP contribution in [0.1, 0.15) is 5.56 Å². The Morgan fingerprint density at radius 3 is 2.52 bits per heavy atom. The molecule has 0 bridgehead atoms. The van der Waals surface area contributed by atoms with Gasteiger partial charge in [0.1, 0.15) is 10.1 Å². The minimum absolute atomic E-state index is 0.214. The van der Waals surface area contributed by atoms with Crippen LogP contribution in [0.4, 0.5) is 0 Å². The summed E-state index contributed by atoms with van der Waals surface area (Å²) in [7, 11) is 1.54. The molecule has 3 rings (SSSR count). The number of benzene rings is 2. The maximum absolute atomic E-state index is 11.8. The highest BCUT2D eigenvalue weighted by Crippen LogP contribution is 2.37. The zero-order valence-corrected chi connectivity index (χ0v) is 16.0. The highest BCUT2D eigenvalue weighted by molar-refractivity contribution is 8.26. The molecule has 8 heteroatoms. The molecule has 0 saturated carbocycles. The number of hydrogen-bond donors (Lipinski definition) is 1. The quantitative estimate of drug-likeness (QED) is 0.547. The SMILES string of the molecule is COc1ccc(/C=C2/SC(=S)NC2=O)cc1Oc1ccc(Cl)cc1Cl. The fourth-order valence-corrected chi connectivity index (χ4v) is 3.60. The minimum Gasteiger partial charge on any atom is -0.493 e. The molecule has 0 atom stereocenters. The number of thioether (sulfide) groups is 1. The van der Waals surface area contributed by atoms with Crippen LogP contribution >= 0.6 is 47.2 Å². The van der Waals surface area contributed by atoms with E-state index in [1.54, 1.807) is 43.5 Å². The zero-order valence-electron chi connectivity index (χ0n) is 12.8. The number of thiocarbonyl (C=S) groups is 1. The molecule has 1 aliphatic rings. The Kier molecular flexibility index (Phi) is 5.54. The van der Waals surface area contributed by atoms with Crippen molar-refractivity contribution in [2.75, 3.05) is 7.11 Å². The minimum atomic E-state index is -0.214. The van der Waals surface area contributed by atoms with Crippen LogP contribution in [0.2, 0.25) is 10.0 Å². The van der Waals surface area contributed by atoms with Crippen molar-refractivity contribution in [1.29, 1.82) is 0 Å². The van der Waals surface area contributed by atoms with E-state index in [0.717, 1.165) is 5.56 Å². The Hall–Kier alpha value is -1.73. The summed E-state index contributed by atoms with van der Waals surface area (Å²) in [6.45, 7) is 0. The lowest BCUT2D eigenvalue weighted by atomic mass is 10.2. The third kappa shape index (κ3) is 4.27. The van der Waals surface area contributed by atoms with E-state index in [1.807, 2.05) is 6.07 Å². The van der Waals surface area contributed by atoms with E-state index in [9.17, 15) is 4.79 Å². The maximum Gasteiger partial charge on any atom is 0.263 e. The Bertz CT molecular complexity index is 899. The second-order valence-corrected chi connectivity index (χ2v) is 7.50. The summed E-state index contributed by atoms with van der Waals surface area (Å²) in [5.74, 6) is 1.23. The molecule has 4 nitrogen and oxygen atoms in total. The lowest BCUT2D eigenvalue weighted by Gasteiger charge is -2.12. The number of nitrogens with one attached hydrogen (secondary N) is 1. The maximum atomic E-state index is 11.8. The van der Waals surface area contributed by atoms with Gasteiger partial charge in [-0.05, 0) is 42.0 Å². The molecule has 0 spiro atoms. The molecule has 0 radical (unpaired) electrons. The summed E-state index contributed by atoms with van der Waals surface area (Å²) in [4.78, 5) is 12.3. The predicted molar refractivity (Wildman–Crippen MR) is 106 cm³/mol. The van der Waals surface area contributed by atoms with E-state index in [0.29, 0.717) is 36.5 Å². The van der Waals surface area contributed by atoms with E-state index in [1.165, 1.54) is 11.8 Å². The third-order valence-corrected chi connectivity index (χ3v) is 4.93. The van der Waals surface area contributed by atoms with Crippen LogP contribution in [0.25, 0.3) is 6.08 Å². The molecule has 0 aliphatic carbocycles. The Balaban J connectivity index is 1.94. The van der Waals surface area contributed by atoms with Crippen molar-refractivity contribution in [1.82, 2.24) is 5.32 Å². The number of amides is 1. The van der Waals surface area contributed by atoms with Gasteiger partial charge in [-0.2, -0.15) is 0 Å². The summed E-state index contributed by atoms with van der Waals surface area (Å²) < 4.78 is 11.6. The van der Waals surface area contributed by atoms with Crippen LogP contribution in [0.15, 0.2) is 41.3 Å². The van der Waals surface area contributed by atoms with Gasteiger partial charge in [0.15, 0.2) is 11.5 Å². The van der Waals surface area contributed by atoms with Gasteiger partial charge >= 0.3 is 0 Å². The zero-order chi connectivity index (χ0) is 18.0. The Labute approximate surface area is 164 Å². The fourth-order valence-electron chi connectivity index (χ4n) is 2.11. The summed E-state index contributed by atoms with van der Waals surface area (Å²) in [5.41, 5.74) is 0.767. The van der Waals surface area contributed by atoms with Crippen LogP contribution in [0.3, 0.4) is 0 Å². The lowest BCUT2D eigenvalue weighted by molar-refractivity contribution is -0.115. The van der Waals surface area contributed by atoms with Crippen LogP contribution in [-0.2, 0) is 4.79 Å².